The Morgan fingerprint density at radius 3 is 2.65 bits per heavy atom. The van der Waals surface area contributed by atoms with Crippen molar-refractivity contribution in [1.29, 1.82) is 0 Å². The van der Waals surface area contributed by atoms with Gasteiger partial charge in [0.15, 0.2) is 0 Å². The molecule has 2 nitrogen and oxygen atoms in total. The van der Waals surface area contributed by atoms with Crippen LogP contribution in [0.5, 0.6) is 0 Å². The van der Waals surface area contributed by atoms with Crippen molar-refractivity contribution in [1.82, 2.24) is 0 Å². The molecule has 0 aromatic heterocycles. The Kier molecular flexibility index (Phi) is 2.96. The fraction of sp³-hybridized carbons (Fsp3) is 0.333. The van der Waals surface area contributed by atoms with Gasteiger partial charge in [0.25, 0.3) is 0 Å². The average molecular weight is 265 g/mol. The van der Waals surface area contributed by atoms with Gasteiger partial charge in [-0.15, -0.1) is 0 Å². The molecule has 2 heterocycles. The summed E-state index contributed by atoms with van der Waals surface area (Å²) < 4.78 is 6.12. The average Bonchev–Trinajstić information content (AvgIpc) is 2.55. The molecule has 2 aliphatic rings. The quantitative estimate of drug-likeness (QED) is 0.842. The molecule has 2 heteroatoms. The first-order valence-corrected chi connectivity index (χ1v) is 7.43. The molecule has 0 radical (unpaired) electrons. The van der Waals surface area contributed by atoms with E-state index >= 15 is 0 Å². The fourth-order valence-corrected chi connectivity index (χ4v) is 3.69. The molecule has 102 valence electrons. The van der Waals surface area contributed by atoms with Gasteiger partial charge in [-0.05, 0) is 24.0 Å². The molecule has 1 fully saturated rings. The molecular weight excluding hydrogens is 246 g/mol. The van der Waals surface area contributed by atoms with Crippen LogP contribution in [0.1, 0.15) is 29.6 Å². The molecule has 0 amide bonds. The van der Waals surface area contributed by atoms with E-state index in [0.29, 0.717) is 11.8 Å². The van der Waals surface area contributed by atoms with Crippen molar-refractivity contribution in [3.63, 3.8) is 0 Å². The molecule has 2 aromatic rings. The molecule has 2 aliphatic heterocycles. The maximum atomic E-state index is 6.12. The van der Waals surface area contributed by atoms with E-state index in [2.05, 4.69) is 59.9 Å². The molecule has 4 rings (SSSR count). The number of anilines is 1. The van der Waals surface area contributed by atoms with Crippen LogP contribution in [0.4, 0.5) is 5.69 Å². The van der Waals surface area contributed by atoms with Crippen molar-refractivity contribution in [3.05, 3.63) is 65.7 Å². The van der Waals surface area contributed by atoms with Gasteiger partial charge in [0.1, 0.15) is 0 Å². The number of hydrogen-bond donors (Lipinski definition) is 1. The van der Waals surface area contributed by atoms with E-state index in [-0.39, 0.29) is 6.10 Å². The molecule has 3 atom stereocenters. The summed E-state index contributed by atoms with van der Waals surface area (Å²) in [6, 6.07) is 19.4. The van der Waals surface area contributed by atoms with E-state index in [0.717, 1.165) is 19.6 Å². The molecule has 2 aromatic carbocycles. The Labute approximate surface area is 119 Å². The lowest BCUT2D eigenvalue weighted by atomic mass is 9.75. The second kappa shape index (κ2) is 4.95. The van der Waals surface area contributed by atoms with Crippen LogP contribution in [0.2, 0.25) is 0 Å². The van der Waals surface area contributed by atoms with Crippen LogP contribution >= 0.6 is 0 Å². The van der Waals surface area contributed by atoms with Crippen molar-refractivity contribution in [2.45, 2.75) is 18.4 Å². The van der Waals surface area contributed by atoms with Crippen molar-refractivity contribution in [2.75, 3.05) is 18.5 Å². The molecule has 0 spiro atoms. The van der Waals surface area contributed by atoms with Crippen LogP contribution in [0.15, 0.2) is 54.6 Å². The van der Waals surface area contributed by atoms with Crippen molar-refractivity contribution in [2.24, 2.45) is 5.92 Å². The Morgan fingerprint density at radius 1 is 0.950 bits per heavy atom. The summed E-state index contributed by atoms with van der Waals surface area (Å²) >= 11 is 0. The summed E-state index contributed by atoms with van der Waals surface area (Å²) in [7, 11) is 0. The molecule has 1 saturated heterocycles. The van der Waals surface area contributed by atoms with E-state index in [4.69, 9.17) is 4.74 Å². The summed E-state index contributed by atoms with van der Waals surface area (Å²) in [5.74, 6) is 1.12. The van der Waals surface area contributed by atoms with Gasteiger partial charge < -0.3 is 10.1 Å². The summed E-state index contributed by atoms with van der Waals surface area (Å²) in [6.45, 7) is 1.86. The van der Waals surface area contributed by atoms with Gasteiger partial charge in [-0.1, -0.05) is 48.5 Å². The van der Waals surface area contributed by atoms with Gasteiger partial charge in [0.05, 0.1) is 6.10 Å². The van der Waals surface area contributed by atoms with Crippen LogP contribution < -0.4 is 5.32 Å². The maximum Gasteiger partial charge on any atom is 0.0895 e. The summed E-state index contributed by atoms with van der Waals surface area (Å²) in [4.78, 5) is 0. The number of nitrogens with one attached hydrogen (secondary N) is 1. The highest BCUT2D eigenvalue weighted by atomic mass is 16.5. The van der Waals surface area contributed by atoms with Crippen LogP contribution in [0, 0.1) is 5.92 Å². The highest BCUT2D eigenvalue weighted by Gasteiger charge is 2.39. The monoisotopic (exact) mass is 265 g/mol. The fourth-order valence-electron chi connectivity index (χ4n) is 3.69. The minimum Gasteiger partial charge on any atom is -0.384 e. The predicted molar refractivity (Wildman–Crippen MR) is 80.9 cm³/mol. The largest absolute Gasteiger partial charge is 0.384 e. The maximum absolute atomic E-state index is 6.12. The third-order valence-corrected chi connectivity index (χ3v) is 4.66. The molecule has 0 aliphatic carbocycles. The van der Waals surface area contributed by atoms with Crippen LogP contribution in [0.25, 0.3) is 0 Å². The zero-order chi connectivity index (χ0) is 13.4. The van der Waals surface area contributed by atoms with Gasteiger partial charge in [-0.25, -0.2) is 0 Å². The Morgan fingerprint density at radius 2 is 1.75 bits per heavy atom. The lowest BCUT2D eigenvalue weighted by Crippen LogP contribution is -2.37. The van der Waals surface area contributed by atoms with Crippen LogP contribution in [-0.2, 0) is 4.74 Å². The highest BCUT2D eigenvalue weighted by molar-refractivity contribution is 5.55. The van der Waals surface area contributed by atoms with Crippen molar-refractivity contribution < 1.29 is 4.74 Å². The van der Waals surface area contributed by atoms with Gasteiger partial charge >= 0.3 is 0 Å². The molecular formula is C18H19NO. The summed E-state index contributed by atoms with van der Waals surface area (Å²) in [6.07, 6.45) is 1.36. The topological polar surface area (TPSA) is 21.3 Å². The lowest BCUT2D eigenvalue weighted by molar-refractivity contribution is -0.0381. The zero-order valence-electron chi connectivity index (χ0n) is 11.5. The van der Waals surface area contributed by atoms with E-state index in [9.17, 15) is 0 Å². The molecule has 1 N–H and O–H groups in total. The predicted octanol–water partition coefficient (Wildman–Crippen LogP) is 3.97. The van der Waals surface area contributed by atoms with Gasteiger partial charge in [0.2, 0.25) is 0 Å². The molecule has 0 saturated carbocycles. The van der Waals surface area contributed by atoms with Crippen LogP contribution in [-0.4, -0.2) is 13.2 Å². The third-order valence-electron chi connectivity index (χ3n) is 4.66. The van der Waals surface area contributed by atoms with Gasteiger partial charge in [0, 0.05) is 30.3 Å². The first-order chi connectivity index (χ1) is 9.93. The summed E-state index contributed by atoms with van der Waals surface area (Å²) in [5, 5.41) is 3.58. The smallest absolute Gasteiger partial charge is 0.0895 e. The zero-order valence-corrected chi connectivity index (χ0v) is 11.5. The standard InChI is InChI=1S/C18H19NO/c1-2-6-13(7-3-1)14-10-11-20-18-15-8-4-5-9-17(15)19-12-16(14)18/h1-9,14,16,18-19H,10-12H2/t14-,16?,18?/m1/s1. The van der Waals surface area contributed by atoms with E-state index in [1.54, 1.807) is 0 Å². The summed E-state index contributed by atoms with van der Waals surface area (Å²) in [5.41, 5.74) is 4.01. The number of hydrogen-bond acceptors (Lipinski definition) is 2. The number of ether oxygens (including phenoxy) is 1. The Hall–Kier alpha value is -1.80. The SMILES string of the molecule is c1ccc([C@H]2CCOC3c4ccccc4NCC32)cc1. The van der Waals surface area contributed by atoms with E-state index in [1.165, 1.54) is 16.8 Å². The Balaban J connectivity index is 1.70. The first kappa shape index (κ1) is 12.0. The number of para-hydroxylation sites is 1. The highest BCUT2D eigenvalue weighted by Crippen LogP contribution is 2.46. The number of fused-ring (bicyclic) bond motifs is 3. The number of rotatable bonds is 1. The molecule has 0 bridgehead atoms. The minimum absolute atomic E-state index is 0.242. The second-order valence-electron chi connectivity index (χ2n) is 5.73. The minimum atomic E-state index is 0.242. The van der Waals surface area contributed by atoms with Gasteiger partial charge in [-0.3, -0.25) is 0 Å². The lowest BCUT2D eigenvalue weighted by Gasteiger charge is -2.42. The van der Waals surface area contributed by atoms with E-state index < -0.39 is 0 Å². The van der Waals surface area contributed by atoms with Crippen molar-refractivity contribution >= 4 is 5.69 Å². The van der Waals surface area contributed by atoms with E-state index in [1.807, 2.05) is 0 Å². The molecule has 20 heavy (non-hydrogen) atoms. The Bertz CT molecular complexity index is 595. The van der Waals surface area contributed by atoms with Crippen LogP contribution in [0.3, 0.4) is 0 Å². The normalized spacial score (nSPS) is 28.1. The molecule has 2 unspecified atom stereocenters. The van der Waals surface area contributed by atoms with Crippen molar-refractivity contribution in [3.8, 4) is 0 Å². The third kappa shape index (κ3) is 1.92. The number of benzene rings is 2. The first-order valence-electron chi connectivity index (χ1n) is 7.43. The second-order valence-corrected chi connectivity index (χ2v) is 5.73. The van der Waals surface area contributed by atoms with Gasteiger partial charge in [-0.2, -0.15) is 0 Å².